The Hall–Kier alpha value is -2.96. The number of rotatable bonds is 6. The lowest BCUT2D eigenvalue weighted by molar-refractivity contribution is -0.390. The Morgan fingerprint density at radius 1 is 1.29 bits per heavy atom. The molecule has 7 heteroatoms. The Labute approximate surface area is 140 Å². The summed E-state index contributed by atoms with van der Waals surface area (Å²) in [5, 5.41) is 11.1. The maximum absolute atomic E-state index is 12.4. The average Bonchev–Trinajstić information content (AvgIpc) is 2.56. The van der Waals surface area contributed by atoms with Gasteiger partial charge in [0.05, 0.1) is 0 Å². The summed E-state index contributed by atoms with van der Waals surface area (Å²) < 4.78 is 5.49. The minimum absolute atomic E-state index is 0.0143. The fourth-order valence-electron chi connectivity index (χ4n) is 2.24. The Morgan fingerprint density at radius 2 is 1.96 bits per heavy atom. The van der Waals surface area contributed by atoms with Crippen molar-refractivity contribution in [3.8, 4) is 5.75 Å². The summed E-state index contributed by atoms with van der Waals surface area (Å²) in [6, 6.07) is 12.6. The molecule has 0 spiro atoms. The van der Waals surface area contributed by atoms with Gasteiger partial charge in [0.15, 0.2) is 6.10 Å². The minimum Gasteiger partial charge on any atom is -0.473 e. The molecule has 2 rings (SSSR count). The lowest BCUT2D eigenvalue weighted by Crippen LogP contribution is -2.37. The second-order valence-electron chi connectivity index (χ2n) is 5.47. The molecule has 126 valence electrons. The lowest BCUT2D eigenvalue weighted by atomic mass is 10.2. The van der Waals surface area contributed by atoms with Crippen LogP contribution in [0.5, 0.6) is 5.75 Å². The van der Waals surface area contributed by atoms with Crippen LogP contribution in [0.3, 0.4) is 0 Å². The second kappa shape index (κ2) is 7.54. The Morgan fingerprint density at radius 3 is 2.58 bits per heavy atom. The number of carbonyl (C=O) groups is 1. The van der Waals surface area contributed by atoms with E-state index in [2.05, 4.69) is 4.98 Å². The number of likely N-dealkylation sites (N-methyl/N-ethyl adjacent to an activating group) is 1. The Kier molecular flexibility index (Phi) is 5.47. The molecule has 0 saturated carbocycles. The van der Waals surface area contributed by atoms with Gasteiger partial charge in [-0.2, -0.15) is 0 Å². The minimum atomic E-state index is -0.859. The van der Waals surface area contributed by atoms with E-state index in [1.807, 2.05) is 30.3 Å². The number of hydrogen-bond acceptors (Lipinski definition) is 5. The van der Waals surface area contributed by atoms with Gasteiger partial charge in [-0.15, -0.1) is 0 Å². The van der Waals surface area contributed by atoms with Gasteiger partial charge in [-0.05, 0) is 34.5 Å². The number of aryl methyl sites for hydroxylation is 1. The number of carbonyl (C=O) groups excluding carboxylic acids is 1. The SMILES string of the molecule is Cc1ccc(O[C@H](C)C(=O)N(C)Cc2ccccc2)c([N+](=O)[O-])n1. The molecule has 1 aromatic heterocycles. The van der Waals surface area contributed by atoms with Crippen molar-refractivity contribution in [3.63, 3.8) is 0 Å². The summed E-state index contributed by atoms with van der Waals surface area (Å²) in [7, 11) is 1.66. The third kappa shape index (κ3) is 4.28. The van der Waals surface area contributed by atoms with Crippen LogP contribution >= 0.6 is 0 Å². The summed E-state index contributed by atoms with van der Waals surface area (Å²) in [6.07, 6.45) is -0.859. The van der Waals surface area contributed by atoms with Crippen molar-refractivity contribution < 1.29 is 14.5 Å². The van der Waals surface area contributed by atoms with Gasteiger partial charge in [0.1, 0.15) is 5.69 Å². The summed E-state index contributed by atoms with van der Waals surface area (Å²) >= 11 is 0. The molecule has 0 saturated heterocycles. The second-order valence-corrected chi connectivity index (χ2v) is 5.47. The van der Waals surface area contributed by atoms with Crippen molar-refractivity contribution in [1.29, 1.82) is 0 Å². The van der Waals surface area contributed by atoms with Gasteiger partial charge >= 0.3 is 5.82 Å². The number of hydrogen-bond donors (Lipinski definition) is 0. The van der Waals surface area contributed by atoms with Gasteiger partial charge < -0.3 is 19.8 Å². The van der Waals surface area contributed by atoms with E-state index in [4.69, 9.17) is 4.74 Å². The van der Waals surface area contributed by atoms with Gasteiger partial charge in [-0.1, -0.05) is 30.3 Å². The van der Waals surface area contributed by atoms with Gasteiger partial charge in [0, 0.05) is 20.5 Å². The van der Waals surface area contributed by atoms with Crippen molar-refractivity contribution in [3.05, 3.63) is 63.8 Å². The first-order chi connectivity index (χ1) is 11.4. The van der Waals surface area contributed by atoms with E-state index in [1.54, 1.807) is 27.0 Å². The van der Waals surface area contributed by atoms with E-state index in [9.17, 15) is 14.9 Å². The Bertz CT molecular complexity index is 734. The monoisotopic (exact) mass is 329 g/mol. The van der Waals surface area contributed by atoms with Gasteiger partial charge in [0.2, 0.25) is 5.75 Å². The third-order valence-corrected chi connectivity index (χ3v) is 3.44. The van der Waals surface area contributed by atoms with Crippen LogP contribution in [0.15, 0.2) is 42.5 Å². The molecule has 0 aliphatic heterocycles. The highest BCUT2D eigenvalue weighted by Gasteiger charge is 2.24. The average molecular weight is 329 g/mol. The van der Waals surface area contributed by atoms with Crippen molar-refractivity contribution in [2.75, 3.05) is 7.05 Å². The molecule has 1 amide bonds. The molecule has 7 nitrogen and oxygen atoms in total. The molecule has 24 heavy (non-hydrogen) atoms. The van der Waals surface area contributed by atoms with Crippen LogP contribution < -0.4 is 4.74 Å². The van der Waals surface area contributed by atoms with E-state index < -0.39 is 11.0 Å². The number of nitrogens with zero attached hydrogens (tertiary/aromatic N) is 3. The van der Waals surface area contributed by atoms with Crippen molar-refractivity contribution >= 4 is 11.7 Å². The van der Waals surface area contributed by atoms with Crippen molar-refractivity contribution in [2.45, 2.75) is 26.5 Å². The predicted molar refractivity (Wildman–Crippen MR) is 88.6 cm³/mol. The highest BCUT2D eigenvalue weighted by Crippen LogP contribution is 2.25. The summed E-state index contributed by atoms with van der Waals surface area (Å²) in [5.74, 6) is -0.673. The Balaban J connectivity index is 2.07. The predicted octanol–water partition coefficient (Wildman–Crippen LogP) is 2.72. The van der Waals surface area contributed by atoms with Crippen LogP contribution in [-0.4, -0.2) is 33.9 Å². The van der Waals surface area contributed by atoms with E-state index in [0.29, 0.717) is 12.2 Å². The molecular weight excluding hydrogens is 310 g/mol. The number of aromatic nitrogens is 1. The largest absolute Gasteiger partial charge is 0.473 e. The maximum Gasteiger partial charge on any atom is 0.406 e. The molecular formula is C17H19N3O4. The lowest BCUT2D eigenvalue weighted by Gasteiger charge is -2.22. The standard InChI is InChI=1S/C17H19N3O4/c1-12-9-10-15(16(18-12)20(22)23)24-13(2)17(21)19(3)11-14-7-5-4-6-8-14/h4-10,13H,11H2,1-3H3/t13-/m1/s1. The first-order valence-electron chi connectivity index (χ1n) is 7.46. The summed E-state index contributed by atoms with van der Waals surface area (Å²) in [4.78, 5) is 28.2. The first kappa shape index (κ1) is 17.4. The molecule has 1 atom stereocenters. The summed E-state index contributed by atoms with van der Waals surface area (Å²) in [5.41, 5.74) is 1.50. The van der Waals surface area contributed by atoms with Crippen molar-refractivity contribution in [1.82, 2.24) is 9.88 Å². The van der Waals surface area contributed by atoms with Crippen LogP contribution in [-0.2, 0) is 11.3 Å². The van der Waals surface area contributed by atoms with Crippen LogP contribution in [0.1, 0.15) is 18.2 Å². The third-order valence-electron chi connectivity index (χ3n) is 3.44. The van der Waals surface area contributed by atoms with E-state index >= 15 is 0 Å². The van der Waals surface area contributed by atoms with Crippen LogP contribution in [0.4, 0.5) is 5.82 Å². The smallest absolute Gasteiger partial charge is 0.406 e. The first-order valence-corrected chi connectivity index (χ1v) is 7.46. The molecule has 0 aliphatic rings. The number of amides is 1. The summed E-state index contributed by atoms with van der Waals surface area (Å²) in [6.45, 7) is 3.65. The van der Waals surface area contributed by atoms with Gasteiger partial charge in [-0.3, -0.25) is 4.79 Å². The molecule has 2 aromatic rings. The van der Waals surface area contributed by atoms with Crippen LogP contribution in [0.25, 0.3) is 0 Å². The maximum atomic E-state index is 12.4. The molecule has 0 bridgehead atoms. The highest BCUT2D eigenvalue weighted by molar-refractivity contribution is 5.80. The van der Waals surface area contributed by atoms with Crippen LogP contribution in [0.2, 0.25) is 0 Å². The molecule has 0 N–H and O–H groups in total. The fraction of sp³-hybridized carbons (Fsp3) is 0.294. The molecule has 1 aromatic carbocycles. The zero-order valence-corrected chi connectivity index (χ0v) is 13.8. The van der Waals surface area contributed by atoms with Gasteiger partial charge in [0.25, 0.3) is 5.91 Å². The van der Waals surface area contributed by atoms with E-state index in [-0.39, 0.29) is 17.5 Å². The molecule has 0 unspecified atom stereocenters. The van der Waals surface area contributed by atoms with E-state index in [0.717, 1.165) is 5.56 Å². The van der Waals surface area contributed by atoms with Crippen LogP contribution in [0, 0.1) is 17.0 Å². The fourth-order valence-corrected chi connectivity index (χ4v) is 2.24. The van der Waals surface area contributed by atoms with Crippen molar-refractivity contribution in [2.24, 2.45) is 0 Å². The molecule has 0 aliphatic carbocycles. The molecule has 1 heterocycles. The molecule has 0 radical (unpaired) electrons. The zero-order chi connectivity index (χ0) is 17.7. The normalized spacial score (nSPS) is 11.6. The number of pyridine rings is 1. The number of nitro groups is 1. The zero-order valence-electron chi connectivity index (χ0n) is 13.8. The molecule has 0 fully saturated rings. The van der Waals surface area contributed by atoms with E-state index in [1.165, 1.54) is 11.0 Å². The van der Waals surface area contributed by atoms with Gasteiger partial charge in [-0.25, -0.2) is 0 Å². The number of ether oxygens (including phenoxy) is 1. The topological polar surface area (TPSA) is 85.6 Å². The number of benzene rings is 1. The quantitative estimate of drug-likeness (QED) is 0.601. The highest BCUT2D eigenvalue weighted by atomic mass is 16.6.